The number of methoxy groups -OCH3 is 1. The fourth-order valence-electron chi connectivity index (χ4n) is 4.57. The number of hydrogen-bond donors (Lipinski definition) is 1. The summed E-state index contributed by atoms with van der Waals surface area (Å²) in [5, 5.41) is 12.1. The van der Waals surface area contributed by atoms with Gasteiger partial charge in [-0.2, -0.15) is 0 Å². The molecule has 0 saturated carbocycles. The van der Waals surface area contributed by atoms with Crippen LogP contribution in [-0.4, -0.2) is 48.1 Å². The standard InChI is InChI=1S/C27H30ClNO5/c1-27(2,3)17-9-12-21(33-4)20(14-17)24(30)22-23(16-7-10-18(28)11-8-16)29(26(32)25(22)31)15-19-6-5-13-34-19/h7-12,14,19,23,30H,5-6,13,15H2,1-4H3/b24-22+. The Hall–Kier alpha value is -2.83. The predicted molar refractivity (Wildman–Crippen MR) is 131 cm³/mol. The number of ether oxygens (including phenoxy) is 2. The van der Waals surface area contributed by atoms with Gasteiger partial charge in [0.2, 0.25) is 0 Å². The summed E-state index contributed by atoms with van der Waals surface area (Å²) in [5.74, 6) is -1.21. The maximum atomic E-state index is 13.3. The van der Waals surface area contributed by atoms with Gasteiger partial charge < -0.3 is 19.5 Å². The van der Waals surface area contributed by atoms with Crippen molar-refractivity contribution in [3.8, 4) is 5.75 Å². The van der Waals surface area contributed by atoms with Crippen LogP contribution in [0, 0.1) is 0 Å². The molecule has 2 saturated heterocycles. The van der Waals surface area contributed by atoms with Gasteiger partial charge in [-0.15, -0.1) is 0 Å². The number of benzene rings is 2. The molecule has 2 aromatic rings. The molecule has 4 rings (SSSR count). The number of nitrogens with zero attached hydrogens (tertiary/aromatic N) is 1. The normalized spacial score (nSPS) is 22.4. The van der Waals surface area contributed by atoms with E-state index in [0.29, 0.717) is 28.5 Å². The second-order valence-electron chi connectivity index (χ2n) is 9.80. The van der Waals surface area contributed by atoms with Crippen LogP contribution in [0.2, 0.25) is 5.02 Å². The van der Waals surface area contributed by atoms with Crippen LogP contribution in [0.4, 0.5) is 0 Å². The van der Waals surface area contributed by atoms with E-state index in [2.05, 4.69) is 20.8 Å². The van der Waals surface area contributed by atoms with Gasteiger partial charge in [-0.05, 0) is 53.6 Å². The lowest BCUT2D eigenvalue weighted by Crippen LogP contribution is -2.36. The van der Waals surface area contributed by atoms with Crippen LogP contribution in [0.5, 0.6) is 5.75 Å². The van der Waals surface area contributed by atoms with E-state index in [1.165, 1.54) is 12.0 Å². The fourth-order valence-corrected chi connectivity index (χ4v) is 4.70. The molecule has 0 spiro atoms. The molecule has 7 heteroatoms. The molecule has 34 heavy (non-hydrogen) atoms. The van der Waals surface area contributed by atoms with Gasteiger partial charge in [0.15, 0.2) is 0 Å². The molecule has 2 heterocycles. The third-order valence-electron chi connectivity index (χ3n) is 6.47. The number of Topliss-reactive ketones (excluding diaryl/α,β-unsaturated/α-hetero) is 1. The average Bonchev–Trinajstić information content (AvgIpc) is 3.40. The fraction of sp³-hybridized carbons (Fsp3) is 0.407. The highest BCUT2D eigenvalue weighted by atomic mass is 35.5. The van der Waals surface area contributed by atoms with E-state index in [1.54, 1.807) is 30.3 Å². The Morgan fingerprint density at radius 1 is 1.18 bits per heavy atom. The summed E-state index contributed by atoms with van der Waals surface area (Å²) >= 11 is 6.10. The zero-order chi connectivity index (χ0) is 24.6. The lowest BCUT2D eigenvalue weighted by atomic mass is 9.85. The molecule has 2 aliphatic heterocycles. The topological polar surface area (TPSA) is 76.1 Å². The molecule has 2 atom stereocenters. The summed E-state index contributed by atoms with van der Waals surface area (Å²) in [6.07, 6.45) is 1.58. The van der Waals surface area contributed by atoms with Gasteiger partial charge in [-0.25, -0.2) is 0 Å². The summed E-state index contributed by atoms with van der Waals surface area (Å²) in [5.41, 5.74) is 1.88. The number of carbonyl (C=O) groups is 2. The number of likely N-dealkylation sites (tertiary alicyclic amines) is 1. The Morgan fingerprint density at radius 2 is 1.88 bits per heavy atom. The molecule has 0 bridgehead atoms. The first-order valence-electron chi connectivity index (χ1n) is 11.5. The van der Waals surface area contributed by atoms with E-state index in [9.17, 15) is 14.7 Å². The van der Waals surface area contributed by atoms with Crippen molar-refractivity contribution in [1.82, 2.24) is 4.90 Å². The smallest absolute Gasteiger partial charge is 0.295 e. The number of aliphatic hydroxyl groups excluding tert-OH is 1. The lowest BCUT2D eigenvalue weighted by Gasteiger charge is -2.27. The molecule has 1 amide bonds. The molecular weight excluding hydrogens is 454 g/mol. The molecular formula is C27H30ClNO5. The van der Waals surface area contributed by atoms with Crippen molar-refractivity contribution in [3.63, 3.8) is 0 Å². The van der Waals surface area contributed by atoms with Gasteiger partial charge in [-0.1, -0.05) is 50.6 Å². The van der Waals surface area contributed by atoms with E-state index in [0.717, 1.165) is 18.4 Å². The average molecular weight is 484 g/mol. The van der Waals surface area contributed by atoms with E-state index >= 15 is 0 Å². The number of rotatable bonds is 5. The minimum atomic E-state index is -0.760. The molecule has 6 nitrogen and oxygen atoms in total. The van der Waals surface area contributed by atoms with Crippen LogP contribution < -0.4 is 4.74 Å². The molecule has 0 aromatic heterocycles. The lowest BCUT2D eigenvalue weighted by molar-refractivity contribution is -0.140. The largest absolute Gasteiger partial charge is 0.507 e. The van der Waals surface area contributed by atoms with Crippen molar-refractivity contribution in [2.24, 2.45) is 0 Å². The Labute approximate surface area is 205 Å². The number of hydrogen-bond acceptors (Lipinski definition) is 5. The predicted octanol–water partition coefficient (Wildman–Crippen LogP) is 5.25. The Kier molecular flexibility index (Phi) is 6.74. The first-order valence-corrected chi connectivity index (χ1v) is 11.8. The van der Waals surface area contributed by atoms with Crippen molar-refractivity contribution in [3.05, 3.63) is 69.8 Å². The van der Waals surface area contributed by atoms with Crippen LogP contribution in [0.25, 0.3) is 5.76 Å². The van der Waals surface area contributed by atoms with Crippen LogP contribution >= 0.6 is 11.6 Å². The molecule has 2 fully saturated rings. The second-order valence-corrected chi connectivity index (χ2v) is 10.2. The highest BCUT2D eigenvalue weighted by Crippen LogP contribution is 2.42. The quantitative estimate of drug-likeness (QED) is 0.357. The Morgan fingerprint density at radius 3 is 2.47 bits per heavy atom. The van der Waals surface area contributed by atoms with Crippen LogP contribution in [0.1, 0.15) is 56.3 Å². The van der Waals surface area contributed by atoms with Crippen LogP contribution in [-0.2, 0) is 19.7 Å². The Balaban J connectivity index is 1.89. The van der Waals surface area contributed by atoms with E-state index in [4.69, 9.17) is 21.1 Å². The van der Waals surface area contributed by atoms with Gasteiger partial charge in [-0.3, -0.25) is 9.59 Å². The maximum absolute atomic E-state index is 13.3. The van der Waals surface area contributed by atoms with Gasteiger partial charge >= 0.3 is 0 Å². The van der Waals surface area contributed by atoms with Gasteiger partial charge in [0.25, 0.3) is 11.7 Å². The minimum Gasteiger partial charge on any atom is -0.507 e. The van der Waals surface area contributed by atoms with Crippen LogP contribution in [0.15, 0.2) is 48.0 Å². The maximum Gasteiger partial charge on any atom is 0.295 e. The number of carbonyl (C=O) groups excluding carboxylic acids is 2. The highest BCUT2D eigenvalue weighted by Gasteiger charge is 2.47. The Bertz CT molecular complexity index is 1130. The molecule has 0 radical (unpaired) electrons. The number of halogens is 1. The van der Waals surface area contributed by atoms with Crippen molar-refractivity contribution >= 4 is 29.1 Å². The molecule has 0 aliphatic carbocycles. The summed E-state index contributed by atoms with van der Waals surface area (Å²) in [7, 11) is 1.51. The van der Waals surface area contributed by atoms with Crippen molar-refractivity contribution < 1.29 is 24.2 Å². The van der Waals surface area contributed by atoms with E-state index in [-0.39, 0.29) is 29.4 Å². The molecule has 1 N–H and O–H groups in total. The summed E-state index contributed by atoms with van der Waals surface area (Å²) in [6, 6.07) is 11.7. The highest BCUT2D eigenvalue weighted by molar-refractivity contribution is 6.46. The molecule has 180 valence electrons. The van der Waals surface area contributed by atoms with Gasteiger partial charge in [0.05, 0.1) is 30.4 Å². The second kappa shape index (κ2) is 9.43. The number of ketones is 1. The third kappa shape index (κ3) is 4.57. The molecule has 2 aromatic carbocycles. The first-order chi connectivity index (χ1) is 16.1. The third-order valence-corrected chi connectivity index (χ3v) is 6.72. The molecule has 2 aliphatic rings. The van der Waals surface area contributed by atoms with Crippen molar-refractivity contribution in [2.45, 2.75) is 51.2 Å². The van der Waals surface area contributed by atoms with Crippen LogP contribution in [0.3, 0.4) is 0 Å². The zero-order valence-corrected chi connectivity index (χ0v) is 20.7. The van der Waals surface area contributed by atoms with E-state index < -0.39 is 17.7 Å². The van der Waals surface area contributed by atoms with Gasteiger partial charge in [0.1, 0.15) is 11.5 Å². The summed E-state index contributed by atoms with van der Waals surface area (Å²) < 4.78 is 11.3. The number of amides is 1. The minimum absolute atomic E-state index is 0.0367. The first kappa shape index (κ1) is 24.3. The van der Waals surface area contributed by atoms with Crippen molar-refractivity contribution in [1.29, 1.82) is 0 Å². The van der Waals surface area contributed by atoms with Gasteiger partial charge in [0, 0.05) is 18.2 Å². The molecule has 2 unspecified atom stereocenters. The monoisotopic (exact) mass is 483 g/mol. The number of aliphatic hydroxyl groups is 1. The zero-order valence-electron chi connectivity index (χ0n) is 19.9. The summed E-state index contributed by atoms with van der Waals surface area (Å²) in [6.45, 7) is 7.09. The van der Waals surface area contributed by atoms with Crippen molar-refractivity contribution in [2.75, 3.05) is 20.3 Å². The SMILES string of the molecule is COc1ccc(C(C)(C)C)cc1/C(O)=C1\C(=O)C(=O)N(CC2CCCO2)C1c1ccc(Cl)cc1. The van der Waals surface area contributed by atoms with E-state index in [1.807, 2.05) is 12.1 Å². The summed E-state index contributed by atoms with van der Waals surface area (Å²) in [4.78, 5) is 28.0.